The zero-order valence-electron chi connectivity index (χ0n) is 13.3. The summed E-state index contributed by atoms with van der Waals surface area (Å²) in [7, 11) is 0. The minimum Gasteiger partial charge on any atom is -0.352 e. The third-order valence-electron chi connectivity index (χ3n) is 4.29. The standard InChI is InChI=1S/C17H20FN3O3/c18-12-4-1-3-11(9-12)16(23)19-10-15(22)21-8-2-5-14(21)17(24)20-13-6-7-13/h1,3-4,9,13-14H,2,5-8,10H2,(H,19,23)(H,20,24). The molecule has 1 aromatic rings. The van der Waals surface area contributed by atoms with Crippen LogP contribution in [0.2, 0.25) is 0 Å². The van der Waals surface area contributed by atoms with Crippen LogP contribution < -0.4 is 10.6 Å². The fraction of sp³-hybridized carbons (Fsp3) is 0.471. The number of rotatable bonds is 5. The van der Waals surface area contributed by atoms with Gasteiger partial charge >= 0.3 is 0 Å². The Bertz CT molecular complexity index is 660. The van der Waals surface area contributed by atoms with Gasteiger partial charge in [0, 0.05) is 18.2 Å². The summed E-state index contributed by atoms with van der Waals surface area (Å²) in [5.41, 5.74) is 0.159. The van der Waals surface area contributed by atoms with E-state index >= 15 is 0 Å². The minimum absolute atomic E-state index is 0.111. The Hall–Kier alpha value is -2.44. The van der Waals surface area contributed by atoms with Crippen molar-refractivity contribution in [3.05, 3.63) is 35.6 Å². The van der Waals surface area contributed by atoms with Gasteiger partial charge < -0.3 is 15.5 Å². The molecule has 1 saturated heterocycles. The molecule has 1 aromatic carbocycles. The number of carbonyl (C=O) groups is 3. The Morgan fingerprint density at radius 3 is 2.71 bits per heavy atom. The second-order valence-electron chi connectivity index (χ2n) is 6.22. The van der Waals surface area contributed by atoms with E-state index in [4.69, 9.17) is 0 Å². The number of amides is 3. The van der Waals surface area contributed by atoms with Gasteiger partial charge in [-0.2, -0.15) is 0 Å². The molecule has 128 valence electrons. The molecule has 1 heterocycles. The number of halogens is 1. The number of hydrogen-bond acceptors (Lipinski definition) is 3. The van der Waals surface area contributed by atoms with Gasteiger partial charge in [-0.05, 0) is 43.9 Å². The number of nitrogens with one attached hydrogen (secondary N) is 2. The molecule has 7 heteroatoms. The van der Waals surface area contributed by atoms with Gasteiger partial charge in [-0.1, -0.05) is 6.07 Å². The molecule has 3 amide bonds. The number of carbonyl (C=O) groups excluding carboxylic acids is 3. The largest absolute Gasteiger partial charge is 0.352 e. The molecule has 2 aliphatic rings. The molecule has 0 spiro atoms. The summed E-state index contributed by atoms with van der Waals surface area (Å²) in [6.07, 6.45) is 3.40. The molecule has 3 rings (SSSR count). The first-order valence-corrected chi connectivity index (χ1v) is 8.18. The highest BCUT2D eigenvalue weighted by Gasteiger charge is 2.36. The van der Waals surface area contributed by atoms with E-state index in [1.807, 2.05) is 0 Å². The second-order valence-corrected chi connectivity index (χ2v) is 6.22. The van der Waals surface area contributed by atoms with Gasteiger partial charge in [0.05, 0.1) is 6.54 Å². The number of likely N-dealkylation sites (tertiary alicyclic amines) is 1. The predicted molar refractivity (Wildman–Crippen MR) is 84.6 cm³/mol. The first kappa shape index (κ1) is 16.4. The maximum absolute atomic E-state index is 13.1. The maximum Gasteiger partial charge on any atom is 0.251 e. The van der Waals surface area contributed by atoms with Crippen molar-refractivity contribution in [1.29, 1.82) is 0 Å². The van der Waals surface area contributed by atoms with Gasteiger partial charge in [0.1, 0.15) is 11.9 Å². The minimum atomic E-state index is -0.513. The van der Waals surface area contributed by atoms with Crippen LogP contribution >= 0.6 is 0 Å². The van der Waals surface area contributed by atoms with Crippen LogP contribution in [0.4, 0.5) is 4.39 Å². The molecule has 2 fully saturated rings. The number of nitrogens with zero attached hydrogens (tertiary/aromatic N) is 1. The van der Waals surface area contributed by atoms with E-state index in [0.29, 0.717) is 13.0 Å². The molecule has 0 radical (unpaired) electrons. The Morgan fingerprint density at radius 2 is 2.00 bits per heavy atom. The van der Waals surface area contributed by atoms with Crippen LogP contribution in [0.3, 0.4) is 0 Å². The van der Waals surface area contributed by atoms with Crippen molar-refractivity contribution in [3.8, 4) is 0 Å². The number of hydrogen-bond donors (Lipinski definition) is 2. The summed E-state index contributed by atoms with van der Waals surface area (Å²) >= 11 is 0. The van der Waals surface area contributed by atoms with Crippen molar-refractivity contribution in [2.45, 2.75) is 37.8 Å². The van der Waals surface area contributed by atoms with Crippen LogP contribution in [0.5, 0.6) is 0 Å². The molecular formula is C17H20FN3O3. The Labute approximate surface area is 139 Å². The van der Waals surface area contributed by atoms with Crippen molar-refractivity contribution < 1.29 is 18.8 Å². The topological polar surface area (TPSA) is 78.5 Å². The third kappa shape index (κ3) is 3.90. The molecule has 1 aliphatic heterocycles. The lowest BCUT2D eigenvalue weighted by Gasteiger charge is -2.24. The summed E-state index contributed by atoms with van der Waals surface area (Å²) in [6.45, 7) is 0.306. The maximum atomic E-state index is 13.1. The van der Waals surface area contributed by atoms with E-state index in [2.05, 4.69) is 10.6 Å². The van der Waals surface area contributed by atoms with E-state index in [1.165, 1.54) is 23.1 Å². The van der Waals surface area contributed by atoms with E-state index in [9.17, 15) is 18.8 Å². The average Bonchev–Trinajstić information content (AvgIpc) is 3.24. The van der Waals surface area contributed by atoms with Crippen LogP contribution in [0.25, 0.3) is 0 Å². The van der Waals surface area contributed by atoms with Crippen LogP contribution in [0.1, 0.15) is 36.0 Å². The summed E-state index contributed by atoms with van der Waals surface area (Å²) in [4.78, 5) is 38.0. The van der Waals surface area contributed by atoms with Crippen LogP contribution in [-0.4, -0.2) is 47.8 Å². The summed E-state index contributed by atoms with van der Waals surface area (Å²) < 4.78 is 13.1. The van der Waals surface area contributed by atoms with E-state index in [-0.39, 0.29) is 30.0 Å². The molecular weight excluding hydrogens is 313 g/mol. The van der Waals surface area contributed by atoms with Crippen LogP contribution in [0.15, 0.2) is 24.3 Å². The van der Waals surface area contributed by atoms with Gasteiger partial charge in [-0.25, -0.2) is 4.39 Å². The van der Waals surface area contributed by atoms with Crippen molar-refractivity contribution in [2.75, 3.05) is 13.1 Å². The van der Waals surface area contributed by atoms with Gasteiger partial charge in [0.15, 0.2) is 0 Å². The van der Waals surface area contributed by atoms with Crippen molar-refractivity contribution >= 4 is 17.7 Å². The number of benzene rings is 1. The normalized spacial score (nSPS) is 19.9. The highest BCUT2D eigenvalue weighted by Crippen LogP contribution is 2.22. The van der Waals surface area contributed by atoms with Crippen molar-refractivity contribution in [2.24, 2.45) is 0 Å². The highest BCUT2D eigenvalue weighted by atomic mass is 19.1. The van der Waals surface area contributed by atoms with Crippen LogP contribution in [-0.2, 0) is 9.59 Å². The van der Waals surface area contributed by atoms with Crippen molar-refractivity contribution in [1.82, 2.24) is 15.5 Å². The lowest BCUT2D eigenvalue weighted by atomic mass is 10.2. The second kappa shape index (κ2) is 6.98. The van der Waals surface area contributed by atoms with Gasteiger partial charge in [0.2, 0.25) is 11.8 Å². The first-order chi connectivity index (χ1) is 11.5. The van der Waals surface area contributed by atoms with Gasteiger partial charge in [0.25, 0.3) is 5.91 Å². The molecule has 0 bridgehead atoms. The molecule has 2 N–H and O–H groups in total. The average molecular weight is 333 g/mol. The first-order valence-electron chi connectivity index (χ1n) is 8.18. The quantitative estimate of drug-likeness (QED) is 0.838. The lowest BCUT2D eigenvalue weighted by Crippen LogP contribution is -2.49. The fourth-order valence-electron chi connectivity index (χ4n) is 2.85. The van der Waals surface area contributed by atoms with Gasteiger partial charge in [-0.3, -0.25) is 14.4 Å². The summed E-state index contributed by atoms with van der Waals surface area (Å²) in [5, 5.41) is 5.40. The molecule has 6 nitrogen and oxygen atoms in total. The zero-order valence-corrected chi connectivity index (χ0v) is 13.3. The Balaban J connectivity index is 1.53. The summed E-state index contributed by atoms with van der Waals surface area (Å²) in [5.74, 6) is -1.43. The van der Waals surface area contributed by atoms with Crippen molar-refractivity contribution in [3.63, 3.8) is 0 Å². The molecule has 24 heavy (non-hydrogen) atoms. The molecule has 1 aliphatic carbocycles. The summed E-state index contributed by atoms with van der Waals surface area (Å²) in [6, 6.07) is 5.07. The fourth-order valence-corrected chi connectivity index (χ4v) is 2.85. The Kier molecular flexibility index (Phi) is 4.78. The van der Waals surface area contributed by atoms with E-state index in [1.54, 1.807) is 0 Å². The third-order valence-corrected chi connectivity index (χ3v) is 4.29. The lowest BCUT2D eigenvalue weighted by molar-refractivity contribution is -0.137. The van der Waals surface area contributed by atoms with Gasteiger partial charge in [-0.15, -0.1) is 0 Å². The SMILES string of the molecule is O=C(NCC(=O)N1CCCC1C(=O)NC1CC1)c1cccc(F)c1. The highest BCUT2D eigenvalue weighted by molar-refractivity contribution is 5.97. The monoisotopic (exact) mass is 333 g/mol. The Morgan fingerprint density at radius 1 is 1.21 bits per heavy atom. The zero-order chi connectivity index (χ0) is 17.1. The van der Waals surface area contributed by atoms with Crippen LogP contribution in [0, 0.1) is 5.82 Å². The molecule has 1 atom stereocenters. The molecule has 0 aromatic heterocycles. The van der Waals surface area contributed by atoms with E-state index in [0.717, 1.165) is 25.3 Å². The smallest absolute Gasteiger partial charge is 0.251 e. The van der Waals surface area contributed by atoms with E-state index < -0.39 is 17.8 Å². The molecule has 1 unspecified atom stereocenters. The molecule has 1 saturated carbocycles. The predicted octanol–water partition coefficient (Wildman–Crippen LogP) is 0.825.